The lowest BCUT2D eigenvalue weighted by atomic mass is 10.2. The van der Waals surface area contributed by atoms with Gasteiger partial charge in [0.05, 0.1) is 12.1 Å². The molecule has 1 aromatic heterocycles. The number of ether oxygens (including phenoxy) is 1. The Morgan fingerprint density at radius 3 is 2.52 bits per heavy atom. The first-order valence-electron chi connectivity index (χ1n) is 8.71. The third kappa shape index (κ3) is 7.55. The Morgan fingerprint density at radius 2 is 1.89 bits per heavy atom. The molecule has 146 valence electrons. The Bertz CT molecular complexity index is 703. The highest BCUT2D eigenvalue weighted by molar-refractivity contribution is 5.79. The molecule has 0 aliphatic rings. The summed E-state index contributed by atoms with van der Waals surface area (Å²) in [5.74, 6) is 1.05. The molecular formula is C19H23F3N4O. The second-order valence-electron chi connectivity index (χ2n) is 5.63. The van der Waals surface area contributed by atoms with Crippen LogP contribution in [0.25, 0.3) is 0 Å². The number of alkyl halides is 3. The topological polar surface area (TPSA) is 58.5 Å². The Morgan fingerprint density at radius 1 is 1.11 bits per heavy atom. The first-order chi connectivity index (χ1) is 13.0. The standard InChI is InChI=1S/C19H23F3N4O/c1-2-23-18(25-12-10-16-5-3-4-11-24-16)26-13-14-27-17-8-6-15(7-9-17)19(20,21)22/h3-9,11H,2,10,12-14H2,1H3,(H2,23,25,26). The summed E-state index contributed by atoms with van der Waals surface area (Å²) in [6.45, 7) is 4.04. The van der Waals surface area contributed by atoms with Crippen LogP contribution in [0.5, 0.6) is 5.75 Å². The predicted molar refractivity (Wildman–Crippen MR) is 98.9 cm³/mol. The van der Waals surface area contributed by atoms with Gasteiger partial charge in [-0.2, -0.15) is 13.2 Å². The molecule has 0 saturated heterocycles. The van der Waals surface area contributed by atoms with E-state index in [9.17, 15) is 13.2 Å². The van der Waals surface area contributed by atoms with Crippen molar-refractivity contribution in [1.29, 1.82) is 0 Å². The molecule has 0 amide bonds. The van der Waals surface area contributed by atoms with Crippen molar-refractivity contribution in [3.8, 4) is 5.75 Å². The zero-order chi connectivity index (χ0) is 19.5. The van der Waals surface area contributed by atoms with E-state index in [4.69, 9.17) is 4.74 Å². The van der Waals surface area contributed by atoms with Crippen LogP contribution in [0.15, 0.2) is 53.7 Å². The summed E-state index contributed by atoms with van der Waals surface area (Å²) in [5, 5.41) is 6.26. The second-order valence-corrected chi connectivity index (χ2v) is 5.63. The van der Waals surface area contributed by atoms with Gasteiger partial charge in [-0.3, -0.25) is 9.98 Å². The lowest BCUT2D eigenvalue weighted by Crippen LogP contribution is -2.39. The average molecular weight is 380 g/mol. The fourth-order valence-electron chi connectivity index (χ4n) is 2.25. The molecule has 2 rings (SSSR count). The van der Waals surface area contributed by atoms with E-state index < -0.39 is 11.7 Å². The van der Waals surface area contributed by atoms with E-state index in [1.807, 2.05) is 25.1 Å². The summed E-state index contributed by atoms with van der Waals surface area (Å²) in [7, 11) is 0. The van der Waals surface area contributed by atoms with E-state index in [1.54, 1.807) is 6.20 Å². The molecule has 1 heterocycles. The molecule has 0 saturated carbocycles. The van der Waals surface area contributed by atoms with Crippen LogP contribution in [0.1, 0.15) is 18.2 Å². The van der Waals surface area contributed by atoms with Crippen molar-refractivity contribution >= 4 is 5.96 Å². The zero-order valence-corrected chi connectivity index (χ0v) is 15.1. The summed E-state index contributed by atoms with van der Waals surface area (Å²) < 4.78 is 43.0. The van der Waals surface area contributed by atoms with Gasteiger partial charge in [-0.1, -0.05) is 6.07 Å². The van der Waals surface area contributed by atoms with Crippen molar-refractivity contribution in [2.45, 2.75) is 19.5 Å². The van der Waals surface area contributed by atoms with E-state index in [1.165, 1.54) is 12.1 Å². The third-order valence-corrected chi connectivity index (χ3v) is 3.55. The zero-order valence-electron chi connectivity index (χ0n) is 15.1. The van der Waals surface area contributed by atoms with Crippen LogP contribution in [-0.2, 0) is 12.6 Å². The van der Waals surface area contributed by atoms with Gasteiger partial charge in [-0.25, -0.2) is 0 Å². The monoisotopic (exact) mass is 380 g/mol. The van der Waals surface area contributed by atoms with E-state index >= 15 is 0 Å². The maximum Gasteiger partial charge on any atom is 0.416 e. The summed E-state index contributed by atoms with van der Waals surface area (Å²) in [4.78, 5) is 8.72. The van der Waals surface area contributed by atoms with Gasteiger partial charge in [0.2, 0.25) is 0 Å². The molecular weight excluding hydrogens is 357 g/mol. The number of halogens is 3. The number of hydrogen-bond acceptors (Lipinski definition) is 3. The molecule has 0 aliphatic carbocycles. The molecule has 0 bridgehead atoms. The summed E-state index contributed by atoms with van der Waals surface area (Å²) in [6.07, 6.45) is -1.85. The fraction of sp³-hybridized carbons (Fsp3) is 0.368. The number of rotatable bonds is 8. The van der Waals surface area contributed by atoms with Gasteiger partial charge in [0.1, 0.15) is 12.4 Å². The Balaban J connectivity index is 1.74. The maximum atomic E-state index is 12.5. The number of aliphatic imine (C=N–C) groups is 1. The predicted octanol–water partition coefficient (Wildman–Crippen LogP) is 3.28. The number of guanidine groups is 1. The number of aromatic nitrogens is 1. The normalized spacial score (nSPS) is 11.9. The molecule has 2 aromatic rings. The van der Waals surface area contributed by atoms with Crippen molar-refractivity contribution in [2.75, 3.05) is 26.2 Å². The van der Waals surface area contributed by atoms with E-state index in [0.717, 1.165) is 30.8 Å². The minimum absolute atomic E-state index is 0.302. The number of hydrogen-bond donors (Lipinski definition) is 2. The van der Waals surface area contributed by atoms with Crippen LogP contribution in [0, 0.1) is 0 Å². The SMILES string of the molecule is CCNC(=NCCc1ccccn1)NCCOc1ccc(C(F)(F)F)cc1. The highest BCUT2D eigenvalue weighted by atomic mass is 19.4. The molecule has 1 aromatic carbocycles. The van der Waals surface area contributed by atoms with Crippen LogP contribution >= 0.6 is 0 Å². The molecule has 27 heavy (non-hydrogen) atoms. The quantitative estimate of drug-likeness (QED) is 0.419. The second kappa shape index (κ2) is 10.4. The third-order valence-electron chi connectivity index (χ3n) is 3.55. The van der Waals surface area contributed by atoms with Crippen molar-refractivity contribution < 1.29 is 17.9 Å². The molecule has 8 heteroatoms. The lowest BCUT2D eigenvalue weighted by molar-refractivity contribution is -0.137. The number of pyridine rings is 1. The van der Waals surface area contributed by atoms with Crippen molar-refractivity contribution in [3.05, 3.63) is 59.9 Å². The summed E-state index contributed by atoms with van der Waals surface area (Å²) in [6, 6.07) is 10.4. The summed E-state index contributed by atoms with van der Waals surface area (Å²) >= 11 is 0. The van der Waals surface area contributed by atoms with Crippen molar-refractivity contribution in [2.24, 2.45) is 4.99 Å². The molecule has 0 fully saturated rings. The highest BCUT2D eigenvalue weighted by Gasteiger charge is 2.29. The van der Waals surface area contributed by atoms with Crippen LogP contribution in [-0.4, -0.2) is 37.2 Å². The van der Waals surface area contributed by atoms with E-state index in [2.05, 4.69) is 20.6 Å². The van der Waals surface area contributed by atoms with Gasteiger partial charge in [-0.15, -0.1) is 0 Å². The molecule has 0 spiro atoms. The van der Waals surface area contributed by atoms with Gasteiger partial charge in [0, 0.05) is 31.4 Å². The molecule has 0 atom stereocenters. The van der Waals surface area contributed by atoms with Crippen LogP contribution < -0.4 is 15.4 Å². The molecule has 0 unspecified atom stereocenters. The van der Waals surface area contributed by atoms with E-state index in [0.29, 0.717) is 31.4 Å². The van der Waals surface area contributed by atoms with Crippen molar-refractivity contribution in [1.82, 2.24) is 15.6 Å². The maximum absolute atomic E-state index is 12.5. The van der Waals surface area contributed by atoms with Gasteiger partial charge in [0.25, 0.3) is 0 Å². The number of nitrogens with one attached hydrogen (secondary N) is 2. The van der Waals surface area contributed by atoms with Crippen molar-refractivity contribution in [3.63, 3.8) is 0 Å². The highest BCUT2D eigenvalue weighted by Crippen LogP contribution is 2.30. The van der Waals surface area contributed by atoms with Crippen LogP contribution in [0.3, 0.4) is 0 Å². The molecule has 5 nitrogen and oxygen atoms in total. The van der Waals surface area contributed by atoms with Gasteiger partial charge in [-0.05, 0) is 43.3 Å². The first-order valence-corrected chi connectivity index (χ1v) is 8.71. The summed E-state index contributed by atoms with van der Waals surface area (Å²) in [5.41, 5.74) is 0.283. The Labute approximate surface area is 156 Å². The van der Waals surface area contributed by atoms with Gasteiger partial charge in [0.15, 0.2) is 5.96 Å². The average Bonchev–Trinajstić information content (AvgIpc) is 2.65. The number of nitrogens with zero attached hydrogens (tertiary/aromatic N) is 2. The lowest BCUT2D eigenvalue weighted by Gasteiger charge is -2.12. The minimum Gasteiger partial charge on any atom is -0.492 e. The number of benzene rings is 1. The Hall–Kier alpha value is -2.77. The van der Waals surface area contributed by atoms with Crippen LogP contribution in [0.2, 0.25) is 0 Å². The van der Waals surface area contributed by atoms with Crippen LogP contribution in [0.4, 0.5) is 13.2 Å². The fourth-order valence-corrected chi connectivity index (χ4v) is 2.25. The molecule has 0 aliphatic heterocycles. The smallest absolute Gasteiger partial charge is 0.416 e. The first kappa shape index (κ1) is 20.5. The van der Waals surface area contributed by atoms with E-state index in [-0.39, 0.29) is 0 Å². The minimum atomic E-state index is -4.34. The van der Waals surface area contributed by atoms with Gasteiger partial charge < -0.3 is 15.4 Å². The molecule has 0 radical (unpaired) electrons. The Kier molecular flexibility index (Phi) is 7.91. The van der Waals surface area contributed by atoms with Gasteiger partial charge >= 0.3 is 6.18 Å². The largest absolute Gasteiger partial charge is 0.492 e. The molecule has 2 N–H and O–H groups in total.